The van der Waals surface area contributed by atoms with Gasteiger partial charge in [-0.25, -0.2) is 0 Å². The average molecular weight is 325 g/mol. The van der Waals surface area contributed by atoms with Crippen LogP contribution < -0.4 is 5.56 Å². The molecule has 2 aliphatic rings. The van der Waals surface area contributed by atoms with Crippen molar-refractivity contribution in [1.29, 1.82) is 0 Å². The van der Waals surface area contributed by atoms with E-state index in [-0.39, 0.29) is 5.56 Å². The first-order valence-corrected chi connectivity index (χ1v) is 7.60. The molecule has 0 radical (unpaired) electrons. The lowest BCUT2D eigenvalue weighted by atomic mass is 10.1. The van der Waals surface area contributed by atoms with Gasteiger partial charge in [0.15, 0.2) is 0 Å². The lowest BCUT2D eigenvalue weighted by Gasteiger charge is -2.04. The molecule has 0 amide bonds. The molecule has 4 nitrogen and oxygen atoms in total. The summed E-state index contributed by atoms with van der Waals surface area (Å²) in [5.74, 6) is 0.324. The number of benzene rings is 2. The van der Waals surface area contributed by atoms with Gasteiger partial charge in [-0.3, -0.25) is 4.79 Å². The summed E-state index contributed by atoms with van der Waals surface area (Å²) in [4.78, 5) is 12.7. The molecule has 0 saturated heterocycles. The van der Waals surface area contributed by atoms with E-state index in [9.17, 15) is 4.79 Å². The van der Waals surface area contributed by atoms with Crippen LogP contribution in [0.1, 0.15) is 11.1 Å². The summed E-state index contributed by atoms with van der Waals surface area (Å²) >= 11 is 6.01. The highest BCUT2D eigenvalue weighted by Crippen LogP contribution is 2.27. The van der Waals surface area contributed by atoms with E-state index in [1.54, 1.807) is 24.3 Å². The van der Waals surface area contributed by atoms with Crippen molar-refractivity contribution in [2.45, 2.75) is 13.8 Å². The van der Waals surface area contributed by atoms with E-state index in [4.69, 9.17) is 16.0 Å². The van der Waals surface area contributed by atoms with Gasteiger partial charge in [0.2, 0.25) is 5.89 Å². The van der Waals surface area contributed by atoms with Gasteiger partial charge in [0.05, 0.1) is 5.69 Å². The molecule has 0 unspecified atom stereocenters. The number of rotatable bonds is 1. The van der Waals surface area contributed by atoms with Gasteiger partial charge in [0, 0.05) is 10.4 Å². The Morgan fingerprint density at radius 2 is 1.91 bits per heavy atom. The van der Waals surface area contributed by atoms with Crippen molar-refractivity contribution in [2.24, 2.45) is 0 Å². The topological polar surface area (TPSA) is 48.0 Å². The minimum atomic E-state index is -0.197. The third-order valence-corrected chi connectivity index (χ3v) is 4.14. The van der Waals surface area contributed by atoms with Gasteiger partial charge in [-0.05, 0) is 49.7 Å². The maximum Gasteiger partial charge on any atom is 0.284 e. The minimum Gasteiger partial charge on any atom is -0.436 e. The summed E-state index contributed by atoms with van der Waals surface area (Å²) in [6.07, 6.45) is 0. The van der Waals surface area contributed by atoms with Crippen LogP contribution in [0.4, 0.5) is 0 Å². The van der Waals surface area contributed by atoms with Gasteiger partial charge >= 0.3 is 0 Å². The second kappa shape index (κ2) is 4.96. The highest BCUT2D eigenvalue weighted by atomic mass is 35.5. The Kier molecular flexibility index (Phi) is 3.03. The van der Waals surface area contributed by atoms with Gasteiger partial charge in [-0.15, -0.1) is 5.10 Å². The van der Waals surface area contributed by atoms with Crippen molar-refractivity contribution in [3.8, 4) is 17.1 Å². The number of fused-ring (bicyclic) bond motifs is 2. The van der Waals surface area contributed by atoms with E-state index in [2.05, 4.69) is 5.10 Å². The number of hydrogen-bond acceptors (Lipinski definition) is 3. The van der Waals surface area contributed by atoms with Crippen molar-refractivity contribution < 1.29 is 4.42 Å². The number of hydrogen-bond donors (Lipinski definition) is 0. The summed E-state index contributed by atoms with van der Waals surface area (Å²) in [6.45, 7) is 3.97. The lowest BCUT2D eigenvalue weighted by molar-refractivity contribution is 0.591. The van der Waals surface area contributed by atoms with Gasteiger partial charge in [0.1, 0.15) is 11.1 Å². The van der Waals surface area contributed by atoms with Crippen molar-refractivity contribution in [1.82, 2.24) is 9.78 Å². The Morgan fingerprint density at radius 1 is 1.09 bits per heavy atom. The molecule has 5 heteroatoms. The monoisotopic (exact) mass is 324 g/mol. The maximum atomic E-state index is 12.7. The molecule has 0 aromatic heterocycles. The quantitative estimate of drug-likeness (QED) is 0.523. The van der Waals surface area contributed by atoms with Gasteiger partial charge < -0.3 is 4.42 Å². The van der Waals surface area contributed by atoms with Crippen LogP contribution in [-0.4, -0.2) is 9.78 Å². The van der Waals surface area contributed by atoms with E-state index < -0.39 is 0 Å². The van der Waals surface area contributed by atoms with Crippen LogP contribution >= 0.6 is 11.6 Å². The van der Waals surface area contributed by atoms with E-state index in [1.807, 2.05) is 32.0 Å². The molecular formula is C18H13ClN2O2. The molecule has 0 saturated carbocycles. The zero-order valence-corrected chi connectivity index (χ0v) is 13.4. The van der Waals surface area contributed by atoms with Crippen LogP contribution in [0.25, 0.3) is 28.1 Å². The normalized spacial score (nSPS) is 11.4. The smallest absolute Gasteiger partial charge is 0.284 e. The summed E-state index contributed by atoms with van der Waals surface area (Å²) < 4.78 is 7.15. The van der Waals surface area contributed by atoms with Crippen molar-refractivity contribution in [3.63, 3.8) is 0 Å². The largest absolute Gasteiger partial charge is 0.436 e. The van der Waals surface area contributed by atoms with E-state index in [0.717, 1.165) is 22.2 Å². The Labute approximate surface area is 137 Å². The summed E-state index contributed by atoms with van der Waals surface area (Å²) in [7, 11) is 0. The number of aromatic nitrogens is 2. The van der Waals surface area contributed by atoms with Crippen molar-refractivity contribution >= 4 is 22.6 Å². The number of aryl methyl sites for hydroxylation is 2. The van der Waals surface area contributed by atoms with Gasteiger partial charge in [-0.2, -0.15) is 4.68 Å². The third kappa shape index (κ3) is 2.23. The SMILES string of the molecule is Cc1ccc(-n2nc3oc4ccc(Cl)cc4cc-3c2=O)c(C)c1. The highest BCUT2D eigenvalue weighted by molar-refractivity contribution is 6.31. The number of halogens is 1. The molecule has 0 atom stereocenters. The third-order valence-electron chi connectivity index (χ3n) is 3.90. The first kappa shape index (κ1) is 14.0. The minimum absolute atomic E-state index is 0.197. The Hall–Kier alpha value is -2.59. The molecule has 2 aliphatic heterocycles. The van der Waals surface area contributed by atoms with Gasteiger partial charge in [0.25, 0.3) is 5.56 Å². The lowest BCUT2D eigenvalue weighted by Crippen LogP contribution is -2.15. The zero-order chi connectivity index (χ0) is 16.1. The van der Waals surface area contributed by atoms with Gasteiger partial charge in [-0.1, -0.05) is 29.3 Å². The molecule has 0 aliphatic carbocycles. The molecular weight excluding hydrogens is 312 g/mol. The molecule has 4 rings (SSSR count). The van der Waals surface area contributed by atoms with Crippen LogP contribution in [0.3, 0.4) is 0 Å². The van der Waals surface area contributed by atoms with Crippen LogP contribution in [0.2, 0.25) is 5.02 Å². The number of nitrogens with zero attached hydrogens (tertiary/aromatic N) is 2. The predicted octanol–water partition coefficient (Wildman–Crippen LogP) is 4.35. The maximum absolute atomic E-state index is 12.7. The summed E-state index contributed by atoms with van der Waals surface area (Å²) in [6, 6.07) is 12.9. The highest BCUT2D eigenvalue weighted by Gasteiger charge is 2.20. The first-order chi connectivity index (χ1) is 11.0. The van der Waals surface area contributed by atoms with Crippen molar-refractivity contribution in [3.05, 3.63) is 69.0 Å². The second-order valence-corrected chi connectivity index (χ2v) is 6.09. The molecule has 2 aromatic rings. The fourth-order valence-corrected chi connectivity index (χ4v) is 2.97. The molecule has 0 bridgehead atoms. The van der Waals surface area contributed by atoms with E-state index in [0.29, 0.717) is 22.1 Å². The molecule has 0 spiro atoms. The fourth-order valence-electron chi connectivity index (χ4n) is 2.79. The molecule has 0 N–H and O–H groups in total. The first-order valence-electron chi connectivity index (χ1n) is 7.23. The Bertz CT molecular complexity index is 1080. The van der Waals surface area contributed by atoms with Crippen LogP contribution in [0.15, 0.2) is 51.7 Å². The molecule has 2 heterocycles. The molecule has 114 valence electrons. The summed E-state index contributed by atoms with van der Waals surface area (Å²) in [5, 5.41) is 5.73. The zero-order valence-electron chi connectivity index (χ0n) is 12.6. The Morgan fingerprint density at radius 3 is 2.70 bits per heavy atom. The molecule has 23 heavy (non-hydrogen) atoms. The van der Waals surface area contributed by atoms with E-state index in [1.165, 1.54) is 4.68 Å². The molecule has 2 aromatic carbocycles. The van der Waals surface area contributed by atoms with Crippen LogP contribution in [0, 0.1) is 13.8 Å². The van der Waals surface area contributed by atoms with E-state index >= 15 is 0 Å². The summed E-state index contributed by atoms with van der Waals surface area (Å²) in [5.41, 5.74) is 3.78. The Balaban J connectivity index is 2.02. The van der Waals surface area contributed by atoms with Crippen molar-refractivity contribution in [2.75, 3.05) is 0 Å². The standard InChI is InChI=1S/C18H13ClN2O2/c1-10-3-5-15(11(2)7-10)21-18(22)14-9-12-8-13(19)4-6-16(12)23-17(14)20-21/h3-9H,1-2H3. The van der Waals surface area contributed by atoms with Crippen LogP contribution in [-0.2, 0) is 0 Å². The average Bonchev–Trinajstić information content (AvgIpc) is 2.82. The second-order valence-electron chi connectivity index (χ2n) is 5.65. The molecule has 0 fully saturated rings. The van der Waals surface area contributed by atoms with Crippen LogP contribution in [0.5, 0.6) is 0 Å². The predicted molar refractivity (Wildman–Crippen MR) is 90.7 cm³/mol. The fraction of sp³-hybridized carbons (Fsp3) is 0.111.